The average Bonchev–Trinajstić information content (AvgIpc) is 3.64. The second-order valence-corrected chi connectivity index (χ2v) is 15.5. The lowest BCUT2D eigenvalue weighted by Gasteiger charge is -2.22. The van der Waals surface area contributed by atoms with Crippen molar-refractivity contribution in [2.24, 2.45) is 0 Å². The van der Waals surface area contributed by atoms with E-state index in [1.807, 2.05) is 0 Å². The van der Waals surface area contributed by atoms with Gasteiger partial charge in [0.2, 0.25) is 0 Å². The number of para-hydroxylation sites is 4. The Morgan fingerprint density at radius 2 is 0.920 bits per heavy atom. The van der Waals surface area contributed by atoms with E-state index in [-0.39, 0.29) is 10.8 Å². The molecule has 9 aromatic rings. The van der Waals surface area contributed by atoms with Crippen LogP contribution in [0.15, 0.2) is 158 Å². The minimum atomic E-state index is 0.0976. The van der Waals surface area contributed by atoms with Crippen LogP contribution in [0.25, 0.3) is 65.8 Å². The Labute approximate surface area is 295 Å². The molecule has 0 saturated carbocycles. The quantitative estimate of drug-likeness (QED) is 0.177. The van der Waals surface area contributed by atoms with E-state index in [9.17, 15) is 0 Å². The molecule has 7 aromatic carbocycles. The molecule has 0 spiro atoms. The van der Waals surface area contributed by atoms with Crippen molar-refractivity contribution in [2.75, 3.05) is 0 Å². The first-order valence-corrected chi connectivity index (χ1v) is 17.7. The van der Waals surface area contributed by atoms with Crippen LogP contribution in [0.5, 0.6) is 0 Å². The first kappa shape index (κ1) is 31.7. The van der Waals surface area contributed by atoms with Gasteiger partial charge in [0.1, 0.15) is 0 Å². The number of hydrogen-bond donors (Lipinski definition) is 0. The zero-order valence-electron chi connectivity index (χ0n) is 29.9. The molecule has 0 atom stereocenters. The van der Waals surface area contributed by atoms with Gasteiger partial charge in [-0.25, -0.2) is 0 Å². The lowest BCUT2D eigenvalue weighted by Crippen LogP contribution is -2.13. The molecule has 9 rings (SSSR count). The Kier molecular flexibility index (Phi) is 7.64. The number of nitrogens with zero attached hydrogens (tertiary/aromatic N) is 2. The average molecular weight is 649 g/mol. The standard InChI is InChI=1S/C26H23N.C22H21N/c1-26(2,3)19-15-16-25-22(17-19)21-12-6-7-13-24(21)27(25)23-14-8-10-18-9-4-5-11-20(18)23;1-22(2,3)19-14-9-13-18-17-12-7-8-15-20(17)23(21(18)19)16-10-5-4-6-11-16/h4-17H,1-3H3;4-15H,1-3H3. The van der Waals surface area contributed by atoms with Crippen molar-refractivity contribution in [3.63, 3.8) is 0 Å². The van der Waals surface area contributed by atoms with Crippen molar-refractivity contribution in [3.05, 3.63) is 169 Å². The summed E-state index contributed by atoms with van der Waals surface area (Å²) in [5.74, 6) is 0. The van der Waals surface area contributed by atoms with Gasteiger partial charge in [0.05, 0.1) is 27.8 Å². The molecule has 0 N–H and O–H groups in total. The molecule has 2 aromatic heterocycles. The van der Waals surface area contributed by atoms with Crippen molar-refractivity contribution in [1.29, 1.82) is 0 Å². The maximum absolute atomic E-state index is 2.42. The van der Waals surface area contributed by atoms with Crippen LogP contribution in [0.1, 0.15) is 52.7 Å². The van der Waals surface area contributed by atoms with Gasteiger partial charge in [0, 0.05) is 32.6 Å². The van der Waals surface area contributed by atoms with Crippen molar-refractivity contribution < 1.29 is 0 Å². The molecule has 246 valence electrons. The molecule has 0 fully saturated rings. The van der Waals surface area contributed by atoms with Crippen LogP contribution in [-0.4, -0.2) is 9.13 Å². The summed E-state index contributed by atoms with van der Waals surface area (Å²) in [5.41, 5.74) is 10.6. The van der Waals surface area contributed by atoms with Crippen LogP contribution in [0.4, 0.5) is 0 Å². The van der Waals surface area contributed by atoms with Gasteiger partial charge in [-0.1, -0.05) is 157 Å². The molecule has 0 radical (unpaired) electrons. The maximum atomic E-state index is 2.42. The van der Waals surface area contributed by atoms with Gasteiger partial charge in [0.15, 0.2) is 0 Å². The fourth-order valence-corrected chi connectivity index (χ4v) is 7.57. The molecular weight excluding hydrogens is 605 g/mol. The third kappa shape index (κ3) is 5.36. The van der Waals surface area contributed by atoms with E-state index in [1.54, 1.807) is 0 Å². The van der Waals surface area contributed by atoms with Gasteiger partial charge in [-0.2, -0.15) is 0 Å². The van der Waals surface area contributed by atoms with E-state index in [1.165, 1.54) is 76.9 Å². The van der Waals surface area contributed by atoms with Crippen LogP contribution in [-0.2, 0) is 10.8 Å². The van der Waals surface area contributed by atoms with E-state index >= 15 is 0 Å². The first-order valence-electron chi connectivity index (χ1n) is 17.7. The fourth-order valence-electron chi connectivity index (χ4n) is 7.57. The van der Waals surface area contributed by atoms with Crippen LogP contribution < -0.4 is 0 Å². The van der Waals surface area contributed by atoms with Gasteiger partial charge in [-0.15, -0.1) is 0 Å². The van der Waals surface area contributed by atoms with Gasteiger partial charge < -0.3 is 9.13 Å². The highest BCUT2D eigenvalue weighted by Gasteiger charge is 2.22. The number of benzene rings is 7. The van der Waals surface area contributed by atoms with Gasteiger partial charge >= 0.3 is 0 Å². The number of fused-ring (bicyclic) bond motifs is 7. The van der Waals surface area contributed by atoms with Gasteiger partial charge in [0.25, 0.3) is 0 Å². The molecular formula is C48H44N2. The second-order valence-electron chi connectivity index (χ2n) is 15.5. The molecule has 0 aliphatic rings. The zero-order chi connectivity index (χ0) is 34.6. The van der Waals surface area contributed by atoms with Crippen molar-refractivity contribution in [1.82, 2.24) is 9.13 Å². The molecule has 50 heavy (non-hydrogen) atoms. The van der Waals surface area contributed by atoms with E-state index in [4.69, 9.17) is 0 Å². The highest BCUT2D eigenvalue weighted by Crippen LogP contribution is 2.39. The first-order chi connectivity index (χ1) is 24.1. The lowest BCUT2D eigenvalue weighted by atomic mass is 9.85. The van der Waals surface area contributed by atoms with Crippen LogP contribution in [0, 0.1) is 0 Å². The van der Waals surface area contributed by atoms with Crippen molar-refractivity contribution in [2.45, 2.75) is 52.4 Å². The monoisotopic (exact) mass is 648 g/mol. The molecule has 0 unspecified atom stereocenters. The van der Waals surface area contributed by atoms with Crippen LogP contribution in [0.3, 0.4) is 0 Å². The van der Waals surface area contributed by atoms with Crippen LogP contribution >= 0.6 is 0 Å². The molecule has 0 aliphatic carbocycles. The Morgan fingerprint density at radius 1 is 0.380 bits per heavy atom. The highest BCUT2D eigenvalue weighted by molar-refractivity contribution is 6.11. The van der Waals surface area contributed by atoms with Crippen molar-refractivity contribution >= 4 is 54.4 Å². The van der Waals surface area contributed by atoms with E-state index < -0.39 is 0 Å². The van der Waals surface area contributed by atoms with E-state index in [0.29, 0.717) is 0 Å². The van der Waals surface area contributed by atoms with E-state index in [0.717, 1.165) is 0 Å². The number of hydrogen-bond acceptors (Lipinski definition) is 0. The summed E-state index contributed by atoms with van der Waals surface area (Å²) in [5, 5.41) is 7.83. The maximum Gasteiger partial charge on any atom is 0.0578 e. The summed E-state index contributed by atoms with van der Waals surface area (Å²) in [7, 11) is 0. The largest absolute Gasteiger partial charge is 0.309 e. The SMILES string of the molecule is CC(C)(C)c1ccc2c(c1)c1ccccc1n2-c1cccc2ccccc12.CC(C)(C)c1cccc2c3ccccc3n(-c3ccccc3)c12. The third-order valence-electron chi connectivity index (χ3n) is 10.1. The Balaban J connectivity index is 0.000000146. The summed E-state index contributed by atoms with van der Waals surface area (Å²) < 4.78 is 4.82. The number of rotatable bonds is 2. The predicted octanol–water partition coefficient (Wildman–Crippen LogP) is 13.3. The summed E-state index contributed by atoms with van der Waals surface area (Å²) in [6.07, 6.45) is 0. The summed E-state index contributed by atoms with van der Waals surface area (Å²) in [4.78, 5) is 0. The predicted molar refractivity (Wildman–Crippen MR) is 216 cm³/mol. The Bertz CT molecular complexity index is 2650. The van der Waals surface area contributed by atoms with E-state index in [2.05, 4.69) is 208 Å². The summed E-state index contributed by atoms with van der Waals surface area (Å²) in [6.45, 7) is 13.7. The molecule has 0 amide bonds. The molecule has 0 aliphatic heterocycles. The minimum absolute atomic E-state index is 0.0976. The topological polar surface area (TPSA) is 9.86 Å². The molecule has 2 heteroatoms. The highest BCUT2D eigenvalue weighted by atomic mass is 15.0. The Hall–Kier alpha value is -5.60. The third-order valence-corrected chi connectivity index (χ3v) is 10.1. The van der Waals surface area contributed by atoms with Gasteiger partial charge in [-0.05, 0) is 69.8 Å². The molecule has 2 nitrogen and oxygen atoms in total. The van der Waals surface area contributed by atoms with Gasteiger partial charge in [-0.3, -0.25) is 0 Å². The molecule has 0 saturated heterocycles. The normalized spacial score (nSPS) is 12.2. The lowest BCUT2D eigenvalue weighted by molar-refractivity contribution is 0.591. The van der Waals surface area contributed by atoms with Crippen LogP contribution in [0.2, 0.25) is 0 Å². The minimum Gasteiger partial charge on any atom is -0.309 e. The summed E-state index contributed by atoms with van der Waals surface area (Å²) >= 11 is 0. The molecule has 0 bridgehead atoms. The smallest absolute Gasteiger partial charge is 0.0578 e. The zero-order valence-corrected chi connectivity index (χ0v) is 29.9. The molecule has 2 heterocycles. The fraction of sp³-hybridized carbons (Fsp3) is 0.167. The Morgan fingerprint density at radius 3 is 1.62 bits per heavy atom. The van der Waals surface area contributed by atoms with Crippen molar-refractivity contribution in [3.8, 4) is 11.4 Å². The second kappa shape index (κ2) is 12.1. The summed E-state index contributed by atoms with van der Waals surface area (Å²) in [6, 6.07) is 56.9. The number of aromatic nitrogens is 2.